The van der Waals surface area contributed by atoms with E-state index in [2.05, 4.69) is 0 Å². The highest BCUT2D eigenvalue weighted by atomic mass is 127. The molecule has 1 saturated heterocycles. The largest absolute Gasteiger partial charge is 0.389 e. The van der Waals surface area contributed by atoms with Crippen LogP contribution in [0.3, 0.4) is 0 Å². The number of hydrogen-bond donors (Lipinski definition) is 6. The number of halogens is 1. The molecule has 1 aliphatic heterocycles. The molecule has 0 aromatic rings. The molecule has 0 saturated carbocycles. The molecule has 0 bridgehead atoms. The summed E-state index contributed by atoms with van der Waals surface area (Å²) in [4.78, 5) is 0. The molecule has 0 aliphatic carbocycles. The van der Waals surface area contributed by atoms with Gasteiger partial charge in [-0.15, -0.1) is 0 Å². The van der Waals surface area contributed by atoms with Crippen molar-refractivity contribution in [2.75, 3.05) is 19.8 Å². The zero-order chi connectivity index (χ0) is 13.9. The fourth-order valence-corrected chi connectivity index (χ4v) is 2.32. The van der Waals surface area contributed by atoms with Crippen LogP contribution >= 0.6 is 22.6 Å². The second-order valence-corrected chi connectivity index (χ2v) is 5.95. The van der Waals surface area contributed by atoms with Crippen LogP contribution in [0.5, 0.6) is 0 Å². The second kappa shape index (κ2) is 6.72. The fraction of sp³-hybridized carbons (Fsp3) is 1.00. The zero-order valence-corrected chi connectivity index (χ0v) is 11.7. The van der Waals surface area contributed by atoms with Crippen LogP contribution in [0.2, 0.25) is 0 Å². The third kappa shape index (κ3) is 3.71. The quantitative estimate of drug-likeness (QED) is 0.217. The molecule has 0 radical (unpaired) electrons. The predicted molar refractivity (Wildman–Crippen MR) is 67.7 cm³/mol. The first kappa shape index (κ1) is 16.5. The summed E-state index contributed by atoms with van der Waals surface area (Å²) in [5.74, 6) is 0. The molecule has 0 amide bonds. The number of aliphatic hydroxyl groups is 5. The second-order valence-electron chi connectivity index (χ2n) is 4.13. The van der Waals surface area contributed by atoms with Gasteiger partial charge in [-0.05, 0) is 22.6 Å². The van der Waals surface area contributed by atoms with Gasteiger partial charge in [-0.2, -0.15) is 0 Å². The molecular formula is C9H18INO7. The molecule has 1 fully saturated rings. The van der Waals surface area contributed by atoms with Crippen molar-refractivity contribution in [3.8, 4) is 0 Å². The van der Waals surface area contributed by atoms with Gasteiger partial charge in [-0.1, -0.05) is 0 Å². The maximum absolute atomic E-state index is 9.79. The predicted octanol–water partition coefficient (Wildman–Crippen LogP) is -3.11. The maximum Gasteiger partial charge on any atom is 0.185 e. The summed E-state index contributed by atoms with van der Waals surface area (Å²) in [6.45, 7) is -0.222. The number of alkyl halides is 1. The molecule has 1 heterocycles. The molecule has 1 rings (SSSR count). The lowest BCUT2D eigenvalue weighted by atomic mass is 9.99. The van der Waals surface area contributed by atoms with Gasteiger partial charge >= 0.3 is 0 Å². The van der Waals surface area contributed by atoms with E-state index in [1.54, 1.807) is 22.6 Å². The Bertz CT molecular complexity index is 271. The lowest BCUT2D eigenvalue weighted by Crippen LogP contribution is -2.63. The van der Waals surface area contributed by atoms with Crippen LogP contribution < -0.4 is 5.73 Å². The van der Waals surface area contributed by atoms with Crippen LogP contribution in [-0.2, 0) is 9.47 Å². The van der Waals surface area contributed by atoms with Gasteiger partial charge in [0.05, 0.1) is 19.3 Å². The minimum absolute atomic E-state index is 0.0294. The molecule has 0 spiro atoms. The topological polar surface area (TPSA) is 146 Å². The third-order valence-electron chi connectivity index (χ3n) is 2.61. The van der Waals surface area contributed by atoms with Gasteiger partial charge < -0.3 is 40.7 Å². The normalized spacial score (nSPS) is 42.8. The van der Waals surface area contributed by atoms with Gasteiger partial charge in [-0.25, -0.2) is 0 Å². The molecular weight excluding hydrogens is 361 g/mol. The molecule has 108 valence electrons. The molecule has 9 heteroatoms. The van der Waals surface area contributed by atoms with E-state index < -0.39 is 34.3 Å². The number of rotatable bonds is 5. The average molecular weight is 379 g/mol. The Balaban J connectivity index is 2.56. The Hall–Kier alpha value is 0.410. The molecule has 7 N–H and O–H groups in total. The number of ether oxygens (including phenoxy) is 2. The van der Waals surface area contributed by atoms with Gasteiger partial charge in [0.15, 0.2) is 9.90 Å². The van der Waals surface area contributed by atoms with Crippen LogP contribution in [-0.4, -0.2) is 79.6 Å². The molecule has 0 aromatic carbocycles. The van der Waals surface area contributed by atoms with E-state index in [-0.39, 0.29) is 19.8 Å². The highest BCUT2D eigenvalue weighted by Crippen LogP contribution is 2.35. The Morgan fingerprint density at radius 1 is 1.28 bits per heavy atom. The maximum atomic E-state index is 9.79. The van der Waals surface area contributed by atoms with Crippen LogP contribution in [0.4, 0.5) is 0 Å². The smallest absolute Gasteiger partial charge is 0.185 e. The number of nitrogens with two attached hydrogens (primary N) is 1. The lowest BCUT2D eigenvalue weighted by molar-refractivity contribution is -0.295. The summed E-state index contributed by atoms with van der Waals surface area (Å²) >= 11 is 1.67. The summed E-state index contributed by atoms with van der Waals surface area (Å²) in [7, 11) is 0. The van der Waals surface area contributed by atoms with Crippen LogP contribution in [0, 0.1) is 0 Å². The van der Waals surface area contributed by atoms with E-state index in [1.807, 2.05) is 0 Å². The van der Waals surface area contributed by atoms with E-state index in [0.29, 0.717) is 0 Å². The van der Waals surface area contributed by atoms with Crippen molar-refractivity contribution < 1.29 is 35.0 Å². The molecule has 8 nitrogen and oxygen atoms in total. The fourth-order valence-electron chi connectivity index (χ4n) is 1.47. The third-order valence-corrected chi connectivity index (χ3v) is 3.81. The van der Waals surface area contributed by atoms with Crippen molar-refractivity contribution in [3.05, 3.63) is 0 Å². The summed E-state index contributed by atoms with van der Waals surface area (Å²) in [6, 6.07) is 0. The first-order chi connectivity index (χ1) is 8.31. The molecule has 4 unspecified atom stereocenters. The van der Waals surface area contributed by atoms with E-state index in [0.717, 1.165) is 0 Å². The van der Waals surface area contributed by atoms with Gasteiger partial charge in [0.1, 0.15) is 18.3 Å². The van der Waals surface area contributed by atoms with Crippen molar-refractivity contribution >= 4 is 22.6 Å². The Morgan fingerprint density at radius 2 is 1.89 bits per heavy atom. The van der Waals surface area contributed by atoms with E-state index in [4.69, 9.17) is 15.2 Å². The van der Waals surface area contributed by atoms with Crippen molar-refractivity contribution in [1.29, 1.82) is 0 Å². The van der Waals surface area contributed by atoms with Crippen LogP contribution in [0.25, 0.3) is 0 Å². The van der Waals surface area contributed by atoms with Gasteiger partial charge in [0.2, 0.25) is 0 Å². The van der Waals surface area contributed by atoms with Crippen molar-refractivity contribution in [1.82, 2.24) is 0 Å². The number of aliphatic hydroxyl groups excluding tert-OH is 5. The van der Waals surface area contributed by atoms with Crippen molar-refractivity contribution in [3.63, 3.8) is 0 Å². The van der Waals surface area contributed by atoms with E-state index in [9.17, 15) is 25.5 Å². The summed E-state index contributed by atoms with van der Waals surface area (Å²) in [5.41, 5.74) is 5.19. The SMILES string of the molecule is NCC(O)COCC1(I)O[C@@H](O)C(O)C(O)[C@@H]1O. The zero-order valence-electron chi connectivity index (χ0n) is 9.52. The van der Waals surface area contributed by atoms with Crippen molar-refractivity contribution in [2.45, 2.75) is 34.3 Å². The Labute approximate surface area is 117 Å². The first-order valence-corrected chi connectivity index (χ1v) is 6.44. The first-order valence-electron chi connectivity index (χ1n) is 5.36. The lowest BCUT2D eigenvalue weighted by Gasteiger charge is -2.43. The summed E-state index contributed by atoms with van der Waals surface area (Å²) in [6.07, 6.45) is -7.03. The minimum atomic E-state index is -1.62. The summed E-state index contributed by atoms with van der Waals surface area (Å²) in [5, 5.41) is 47.2. The highest BCUT2D eigenvalue weighted by molar-refractivity contribution is 14.1. The van der Waals surface area contributed by atoms with Crippen molar-refractivity contribution in [2.24, 2.45) is 5.73 Å². The van der Waals surface area contributed by atoms with Crippen LogP contribution in [0.1, 0.15) is 0 Å². The molecule has 6 atom stereocenters. The number of hydrogen-bond acceptors (Lipinski definition) is 8. The van der Waals surface area contributed by atoms with Crippen LogP contribution in [0.15, 0.2) is 0 Å². The minimum Gasteiger partial charge on any atom is -0.389 e. The Kier molecular flexibility index (Phi) is 6.15. The molecule has 0 aromatic heterocycles. The van der Waals surface area contributed by atoms with Gasteiger partial charge in [0.25, 0.3) is 0 Å². The molecule has 18 heavy (non-hydrogen) atoms. The molecule has 1 aliphatic rings. The van der Waals surface area contributed by atoms with E-state index >= 15 is 0 Å². The van der Waals surface area contributed by atoms with E-state index in [1.165, 1.54) is 0 Å². The summed E-state index contributed by atoms with van der Waals surface area (Å²) < 4.78 is 8.72. The average Bonchev–Trinajstić information content (AvgIpc) is 2.34. The Morgan fingerprint density at radius 3 is 2.44 bits per heavy atom. The monoisotopic (exact) mass is 379 g/mol. The highest BCUT2D eigenvalue weighted by Gasteiger charge is 2.52. The van der Waals surface area contributed by atoms with Gasteiger partial charge in [0, 0.05) is 6.54 Å². The standard InChI is InChI=1S/C9H18INO7/c10-9(3-17-2-4(12)1-11)7(15)5(13)6(14)8(16)18-9/h4-8,12-16H,1-3,11H2/t4?,5?,6?,7-,8+,9?/m0/s1. The van der Waals surface area contributed by atoms with Gasteiger partial charge in [-0.3, -0.25) is 0 Å².